The van der Waals surface area contributed by atoms with Gasteiger partial charge in [0.25, 0.3) is 0 Å². The van der Waals surface area contributed by atoms with Crippen molar-refractivity contribution in [3.8, 4) is 0 Å². The van der Waals surface area contributed by atoms with Crippen molar-refractivity contribution in [2.75, 3.05) is 25.5 Å². The molecule has 0 unspecified atom stereocenters. The summed E-state index contributed by atoms with van der Waals surface area (Å²) < 4.78 is 14.6. The molecule has 2 aromatic carbocycles. The molecule has 0 radical (unpaired) electrons. The van der Waals surface area contributed by atoms with E-state index < -0.39 is 0 Å². The molecule has 1 N–H and O–H groups in total. The van der Waals surface area contributed by atoms with Gasteiger partial charge in [-0.15, -0.1) is 0 Å². The minimum absolute atomic E-state index is 0.306. The zero-order chi connectivity index (χ0) is 19.3. The fraction of sp³-hybridized carbons (Fsp3) is 0.300. The number of hydrogen-bond acceptors (Lipinski definition) is 3. The molecule has 0 spiro atoms. The maximum Gasteiger partial charge on any atom is 0.147 e. The van der Waals surface area contributed by atoms with E-state index in [1.165, 1.54) is 6.07 Å². The third-order valence-corrected chi connectivity index (χ3v) is 4.96. The normalized spacial score (nSPS) is 11.0. The highest BCUT2D eigenvalue weighted by molar-refractivity contribution is 9.10. The molecule has 0 amide bonds. The Morgan fingerprint density at radius 3 is 2.65 bits per heavy atom. The highest BCUT2D eigenvalue weighted by Crippen LogP contribution is 2.24. The second-order valence-corrected chi connectivity index (χ2v) is 7.58. The van der Waals surface area contributed by atoms with E-state index in [9.17, 15) is 4.39 Å². The monoisotopic (exact) mass is 435 g/mol. The quantitative estimate of drug-likeness (QED) is 0.263. The first-order valence-corrected chi connectivity index (χ1v) is 9.59. The Kier molecular flexibility index (Phi) is 7.29. The summed E-state index contributed by atoms with van der Waals surface area (Å²) in [5.41, 5.74) is 4.48. The molecule has 0 saturated heterocycles. The van der Waals surface area contributed by atoms with Crippen molar-refractivity contribution >= 4 is 50.7 Å². The molecule has 2 rings (SSSR count). The van der Waals surface area contributed by atoms with Crippen LogP contribution in [0.25, 0.3) is 0 Å². The van der Waals surface area contributed by atoms with E-state index in [-0.39, 0.29) is 5.82 Å². The number of hydrogen-bond donors (Lipinski definition) is 1. The number of rotatable bonds is 7. The van der Waals surface area contributed by atoms with E-state index >= 15 is 0 Å². The Morgan fingerprint density at radius 1 is 1.27 bits per heavy atom. The summed E-state index contributed by atoms with van der Waals surface area (Å²) in [6.45, 7) is 7.42. The van der Waals surface area contributed by atoms with Crippen LogP contribution in [-0.2, 0) is 0 Å². The number of aliphatic imine (C=N–C) groups is 1. The van der Waals surface area contributed by atoms with Gasteiger partial charge < -0.3 is 10.2 Å². The van der Waals surface area contributed by atoms with E-state index in [2.05, 4.69) is 39.2 Å². The maximum atomic E-state index is 13.9. The van der Waals surface area contributed by atoms with Crippen molar-refractivity contribution in [3.05, 3.63) is 57.3 Å². The van der Waals surface area contributed by atoms with E-state index in [4.69, 9.17) is 12.2 Å². The van der Waals surface area contributed by atoms with Crippen molar-refractivity contribution in [1.29, 1.82) is 0 Å². The van der Waals surface area contributed by atoms with Crippen molar-refractivity contribution in [3.63, 3.8) is 0 Å². The van der Waals surface area contributed by atoms with Gasteiger partial charge in [-0.2, -0.15) is 0 Å². The van der Waals surface area contributed by atoms with E-state index in [1.54, 1.807) is 12.1 Å². The van der Waals surface area contributed by atoms with Gasteiger partial charge in [0.05, 0.1) is 24.3 Å². The molecule has 0 aliphatic rings. The average molecular weight is 436 g/mol. The summed E-state index contributed by atoms with van der Waals surface area (Å²) >= 11 is 8.82. The van der Waals surface area contributed by atoms with E-state index in [1.807, 2.05) is 38.2 Å². The molecule has 0 fully saturated rings. The summed E-state index contributed by atoms with van der Waals surface area (Å²) in [7, 11) is 1.99. The molecule has 6 heteroatoms. The largest absolute Gasteiger partial charge is 0.378 e. The van der Waals surface area contributed by atoms with Crippen LogP contribution in [0.4, 0.5) is 15.8 Å². The lowest BCUT2D eigenvalue weighted by Crippen LogP contribution is -2.15. The second kappa shape index (κ2) is 9.24. The highest BCUT2D eigenvalue weighted by Gasteiger charge is 2.10. The molecule has 0 heterocycles. The Hall–Kier alpha value is -1.79. The average Bonchev–Trinajstić information content (AvgIpc) is 2.60. The lowest BCUT2D eigenvalue weighted by molar-refractivity contribution is 0.552. The van der Waals surface area contributed by atoms with Crippen LogP contribution in [-0.4, -0.2) is 36.2 Å². The Morgan fingerprint density at radius 2 is 2.00 bits per heavy atom. The first kappa shape index (κ1) is 20.5. The minimum atomic E-state index is -0.306. The molecule has 3 nitrogen and oxygen atoms in total. The predicted octanol–water partition coefficient (Wildman–Crippen LogP) is 5.65. The first-order valence-electron chi connectivity index (χ1n) is 8.39. The Bertz CT molecular complexity index is 836. The summed E-state index contributed by atoms with van der Waals surface area (Å²) in [5.74, 6) is -0.306. The first-order chi connectivity index (χ1) is 12.3. The molecular formula is C20H23BrFN3S. The van der Waals surface area contributed by atoms with Gasteiger partial charge in [0.2, 0.25) is 0 Å². The van der Waals surface area contributed by atoms with Crippen LogP contribution in [0.15, 0.2) is 39.8 Å². The summed E-state index contributed by atoms with van der Waals surface area (Å²) in [5, 5.41) is 3.07. The van der Waals surface area contributed by atoms with Crippen LogP contribution in [0.3, 0.4) is 0 Å². The molecule has 0 atom stereocenters. The van der Waals surface area contributed by atoms with Crippen LogP contribution in [0.2, 0.25) is 0 Å². The molecule has 2 aromatic rings. The van der Waals surface area contributed by atoms with Crippen molar-refractivity contribution in [2.45, 2.75) is 20.8 Å². The number of thiocarbonyl (C=S) groups is 1. The van der Waals surface area contributed by atoms with Crippen LogP contribution in [0.1, 0.15) is 23.6 Å². The van der Waals surface area contributed by atoms with Crippen molar-refractivity contribution in [1.82, 2.24) is 4.90 Å². The fourth-order valence-corrected chi connectivity index (χ4v) is 3.01. The van der Waals surface area contributed by atoms with Crippen molar-refractivity contribution in [2.24, 2.45) is 4.99 Å². The SMILES string of the molecule is CCN(C)/C=N\c1cc(C)c(C(=S)CNc2ccc(Br)cc2F)cc1C. The topological polar surface area (TPSA) is 27.6 Å². The number of halogens is 2. The summed E-state index contributed by atoms with van der Waals surface area (Å²) in [6, 6.07) is 9.01. The Labute approximate surface area is 168 Å². The van der Waals surface area contributed by atoms with Gasteiger partial charge in [0.15, 0.2) is 0 Å². The van der Waals surface area contributed by atoms with Gasteiger partial charge in [-0.3, -0.25) is 0 Å². The summed E-state index contributed by atoms with van der Waals surface area (Å²) in [4.78, 5) is 7.30. The molecule has 26 heavy (non-hydrogen) atoms. The molecule has 0 saturated carbocycles. The number of nitrogens with one attached hydrogen (secondary N) is 1. The zero-order valence-corrected chi connectivity index (χ0v) is 17.8. The highest BCUT2D eigenvalue weighted by atomic mass is 79.9. The summed E-state index contributed by atoms with van der Waals surface area (Å²) in [6.07, 6.45) is 1.83. The number of anilines is 1. The molecule has 0 aromatic heterocycles. The molecule has 0 aliphatic heterocycles. The van der Waals surface area contributed by atoms with Gasteiger partial charge in [-0.1, -0.05) is 28.1 Å². The Balaban J connectivity index is 2.13. The fourth-order valence-electron chi connectivity index (χ4n) is 2.39. The second-order valence-electron chi connectivity index (χ2n) is 6.17. The van der Waals surface area contributed by atoms with Gasteiger partial charge in [0.1, 0.15) is 5.82 Å². The smallest absolute Gasteiger partial charge is 0.147 e. The van der Waals surface area contributed by atoms with Crippen molar-refractivity contribution < 1.29 is 4.39 Å². The van der Waals surface area contributed by atoms with E-state index in [0.717, 1.165) is 33.8 Å². The van der Waals surface area contributed by atoms with Crippen LogP contribution < -0.4 is 5.32 Å². The zero-order valence-electron chi connectivity index (χ0n) is 15.4. The standard InChI is InChI=1S/C20H23BrFN3S/c1-5-25(4)12-24-19-9-13(2)16(8-14(19)3)20(26)11-23-18-7-6-15(21)10-17(18)22/h6-10,12,23H,5,11H2,1-4H3/b24-12-. The van der Waals surface area contributed by atoms with Crippen LogP contribution >= 0.6 is 28.1 Å². The number of nitrogens with zero attached hydrogens (tertiary/aromatic N) is 2. The molecule has 138 valence electrons. The number of aryl methyl sites for hydroxylation is 2. The lowest BCUT2D eigenvalue weighted by atomic mass is 10.0. The maximum absolute atomic E-state index is 13.9. The van der Waals surface area contributed by atoms with Crippen LogP contribution in [0.5, 0.6) is 0 Å². The molecule has 0 bridgehead atoms. The van der Waals surface area contributed by atoms with Gasteiger partial charge in [-0.25, -0.2) is 9.38 Å². The molecule has 0 aliphatic carbocycles. The van der Waals surface area contributed by atoms with Gasteiger partial charge >= 0.3 is 0 Å². The van der Waals surface area contributed by atoms with Gasteiger partial charge in [0, 0.05) is 22.9 Å². The lowest BCUT2D eigenvalue weighted by Gasteiger charge is -2.14. The van der Waals surface area contributed by atoms with Crippen LogP contribution in [0, 0.1) is 19.7 Å². The number of benzene rings is 2. The third kappa shape index (κ3) is 5.35. The third-order valence-electron chi connectivity index (χ3n) is 4.11. The minimum Gasteiger partial charge on any atom is -0.378 e. The van der Waals surface area contributed by atoms with E-state index in [0.29, 0.717) is 16.7 Å². The van der Waals surface area contributed by atoms with Gasteiger partial charge in [-0.05, 0) is 67.8 Å². The predicted molar refractivity (Wildman–Crippen MR) is 117 cm³/mol. The molecular weight excluding hydrogens is 413 g/mol.